The Hall–Kier alpha value is -7.89. The van der Waals surface area contributed by atoms with Crippen molar-refractivity contribution >= 4 is 65.3 Å². The molecule has 268 valence electrons. The maximum absolute atomic E-state index is 6.77. The summed E-state index contributed by atoms with van der Waals surface area (Å²) in [4.78, 5) is 15.1. The number of fused-ring (bicyclic) bond motifs is 8. The van der Waals surface area contributed by atoms with E-state index in [2.05, 4.69) is 120 Å². The first-order chi connectivity index (χ1) is 28.8. The number of aromatic nitrogens is 4. The second-order valence-electron chi connectivity index (χ2n) is 15.1. The number of furan rings is 1. The molecule has 3 aromatic heterocycles. The van der Waals surface area contributed by atoms with E-state index in [-0.39, 0.29) is 0 Å². The minimum atomic E-state index is 0.602. The predicted octanol–water partition coefficient (Wildman–Crippen LogP) is 13.8. The number of rotatable bonds is 4. The first kappa shape index (κ1) is 31.3. The fourth-order valence-electron chi connectivity index (χ4n) is 9.43. The van der Waals surface area contributed by atoms with Gasteiger partial charge in [0.15, 0.2) is 17.5 Å². The summed E-state index contributed by atoms with van der Waals surface area (Å²) >= 11 is 0. The lowest BCUT2D eigenvalue weighted by molar-refractivity contribution is 0.672. The van der Waals surface area contributed by atoms with E-state index in [0.717, 1.165) is 55.1 Å². The average Bonchev–Trinajstić information content (AvgIpc) is 3.81. The molecule has 0 amide bonds. The number of nitrogens with zero attached hydrogens (tertiary/aromatic N) is 4. The van der Waals surface area contributed by atoms with Crippen molar-refractivity contribution in [2.24, 2.45) is 0 Å². The molecule has 1 aliphatic carbocycles. The summed E-state index contributed by atoms with van der Waals surface area (Å²) < 4.78 is 9.25. The summed E-state index contributed by atoms with van der Waals surface area (Å²) in [5.41, 5.74) is 12.9. The Labute approximate surface area is 332 Å². The van der Waals surface area contributed by atoms with E-state index in [1.807, 2.05) is 66.7 Å². The van der Waals surface area contributed by atoms with Crippen molar-refractivity contribution in [3.05, 3.63) is 182 Å². The Morgan fingerprint density at radius 1 is 0.362 bits per heavy atom. The number of para-hydroxylation sites is 1. The van der Waals surface area contributed by atoms with Crippen LogP contribution in [0.3, 0.4) is 0 Å². The van der Waals surface area contributed by atoms with E-state index >= 15 is 0 Å². The van der Waals surface area contributed by atoms with Crippen LogP contribution in [-0.2, 0) is 0 Å². The van der Waals surface area contributed by atoms with Gasteiger partial charge >= 0.3 is 0 Å². The van der Waals surface area contributed by atoms with Gasteiger partial charge in [-0.05, 0) is 63.4 Å². The van der Waals surface area contributed by atoms with Crippen LogP contribution in [-0.4, -0.2) is 19.5 Å². The molecular formula is C53H30N4O. The van der Waals surface area contributed by atoms with Crippen LogP contribution in [0.15, 0.2) is 186 Å². The Morgan fingerprint density at radius 2 is 0.948 bits per heavy atom. The molecule has 0 radical (unpaired) electrons. The molecule has 0 atom stereocenters. The van der Waals surface area contributed by atoms with E-state index in [0.29, 0.717) is 17.5 Å². The van der Waals surface area contributed by atoms with Crippen molar-refractivity contribution < 1.29 is 4.42 Å². The van der Waals surface area contributed by atoms with Gasteiger partial charge in [0.1, 0.15) is 11.2 Å². The van der Waals surface area contributed by atoms with Crippen LogP contribution in [0.5, 0.6) is 0 Å². The quantitative estimate of drug-likeness (QED) is 0.180. The minimum Gasteiger partial charge on any atom is -0.455 e. The molecule has 0 saturated carbocycles. The molecule has 58 heavy (non-hydrogen) atoms. The molecule has 1 aliphatic rings. The minimum absolute atomic E-state index is 0.602. The monoisotopic (exact) mass is 738 g/mol. The molecular weight excluding hydrogens is 709 g/mol. The molecule has 5 nitrogen and oxygen atoms in total. The highest BCUT2D eigenvalue weighted by Gasteiger charge is 2.26. The molecule has 3 heterocycles. The topological polar surface area (TPSA) is 56.7 Å². The molecule has 0 N–H and O–H groups in total. The van der Waals surface area contributed by atoms with E-state index < -0.39 is 0 Å². The summed E-state index contributed by atoms with van der Waals surface area (Å²) in [5, 5.41) is 9.29. The summed E-state index contributed by atoms with van der Waals surface area (Å²) in [6.45, 7) is 0. The zero-order valence-corrected chi connectivity index (χ0v) is 31.0. The first-order valence-corrected chi connectivity index (χ1v) is 19.6. The maximum Gasteiger partial charge on any atom is 0.164 e. The lowest BCUT2D eigenvalue weighted by Gasteiger charge is -2.16. The average molecular weight is 739 g/mol. The molecule has 5 heteroatoms. The van der Waals surface area contributed by atoms with Gasteiger partial charge in [0, 0.05) is 49.0 Å². The highest BCUT2D eigenvalue weighted by Crippen LogP contribution is 2.50. The number of hydrogen-bond acceptors (Lipinski definition) is 4. The van der Waals surface area contributed by atoms with Crippen molar-refractivity contribution in [3.63, 3.8) is 0 Å². The maximum atomic E-state index is 6.77. The smallest absolute Gasteiger partial charge is 0.164 e. The number of hydrogen-bond donors (Lipinski definition) is 0. The van der Waals surface area contributed by atoms with Crippen LogP contribution < -0.4 is 0 Å². The normalized spacial score (nSPS) is 12.1. The molecule has 13 rings (SSSR count). The highest BCUT2D eigenvalue weighted by molar-refractivity contribution is 6.31. The molecule has 0 unspecified atom stereocenters. The van der Waals surface area contributed by atoms with Gasteiger partial charge in [-0.3, -0.25) is 0 Å². The van der Waals surface area contributed by atoms with E-state index in [1.54, 1.807) is 0 Å². The third kappa shape index (κ3) is 4.38. The van der Waals surface area contributed by atoms with Crippen LogP contribution in [0.2, 0.25) is 0 Å². The third-order valence-electron chi connectivity index (χ3n) is 12.0. The van der Waals surface area contributed by atoms with Crippen LogP contribution in [0.4, 0.5) is 0 Å². The Morgan fingerprint density at radius 3 is 1.69 bits per heavy atom. The van der Waals surface area contributed by atoms with Gasteiger partial charge in [0.2, 0.25) is 0 Å². The zero-order chi connectivity index (χ0) is 37.9. The van der Waals surface area contributed by atoms with Crippen molar-refractivity contribution in [2.75, 3.05) is 0 Å². The fraction of sp³-hybridized carbons (Fsp3) is 0. The highest BCUT2D eigenvalue weighted by atomic mass is 16.3. The fourth-order valence-corrected chi connectivity index (χ4v) is 9.43. The lowest BCUT2D eigenvalue weighted by atomic mass is 9.93. The molecule has 0 saturated heterocycles. The second-order valence-corrected chi connectivity index (χ2v) is 15.1. The van der Waals surface area contributed by atoms with Crippen LogP contribution in [0.25, 0.3) is 127 Å². The standard InChI is InChI=1S/C53H30N4O/c1-3-13-32(14-4-1)51-54-52(33-15-5-2-6-16-33)56-53(55-51)34-25-27-37-41(29-34)50-42(38-20-9-10-24-46(38)58-50)30-45(37)57-43-23-12-22-40-36-19-8-7-18-35(36)39-21-11-17-31-26-28-44(57)49(47(31)39)48(40)43/h1-30H. The zero-order valence-electron chi connectivity index (χ0n) is 31.0. The Bertz CT molecular complexity index is 3620. The Balaban J connectivity index is 1.14. The Kier molecular flexibility index (Phi) is 6.38. The van der Waals surface area contributed by atoms with Crippen molar-refractivity contribution in [1.82, 2.24) is 19.5 Å². The summed E-state index contributed by atoms with van der Waals surface area (Å²) in [6.07, 6.45) is 0. The molecule has 0 bridgehead atoms. The largest absolute Gasteiger partial charge is 0.455 e. The van der Waals surface area contributed by atoms with Crippen molar-refractivity contribution in [2.45, 2.75) is 0 Å². The van der Waals surface area contributed by atoms with E-state index in [1.165, 1.54) is 54.8 Å². The van der Waals surface area contributed by atoms with Crippen LogP contribution in [0.1, 0.15) is 0 Å². The summed E-state index contributed by atoms with van der Waals surface area (Å²) in [7, 11) is 0. The lowest BCUT2D eigenvalue weighted by Crippen LogP contribution is -2.00. The van der Waals surface area contributed by atoms with Crippen LogP contribution in [0, 0.1) is 0 Å². The van der Waals surface area contributed by atoms with Crippen molar-refractivity contribution in [1.29, 1.82) is 0 Å². The molecule has 0 spiro atoms. The molecule has 0 aliphatic heterocycles. The van der Waals surface area contributed by atoms with Gasteiger partial charge in [-0.25, -0.2) is 15.0 Å². The van der Waals surface area contributed by atoms with Gasteiger partial charge < -0.3 is 8.98 Å². The van der Waals surface area contributed by atoms with Gasteiger partial charge in [-0.2, -0.15) is 0 Å². The van der Waals surface area contributed by atoms with Gasteiger partial charge in [0.25, 0.3) is 0 Å². The van der Waals surface area contributed by atoms with Gasteiger partial charge in [0.05, 0.1) is 16.7 Å². The van der Waals surface area contributed by atoms with Gasteiger partial charge in [-0.15, -0.1) is 0 Å². The van der Waals surface area contributed by atoms with E-state index in [9.17, 15) is 0 Å². The summed E-state index contributed by atoms with van der Waals surface area (Å²) in [6, 6.07) is 64.4. The second kappa shape index (κ2) is 11.8. The molecule has 0 fully saturated rings. The third-order valence-corrected chi connectivity index (χ3v) is 12.0. The molecule has 12 aromatic rings. The van der Waals surface area contributed by atoms with Crippen LogP contribution >= 0.6 is 0 Å². The van der Waals surface area contributed by atoms with E-state index in [4.69, 9.17) is 19.4 Å². The number of benzene rings is 9. The molecule has 9 aromatic carbocycles. The van der Waals surface area contributed by atoms with Crippen molar-refractivity contribution in [3.8, 4) is 62.1 Å². The summed E-state index contributed by atoms with van der Waals surface area (Å²) in [5.74, 6) is 1.86. The SMILES string of the molecule is c1ccc(-c2nc(-c3ccccc3)nc(-c3ccc4c(-n5c6cccc7c6c6c8c(cccc8ccc65)-c5ccccc5-7)cc5c6ccccc6oc5c4c3)n2)cc1. The first-order valence-electron chi connectivity index (χ1n) is 19.6. The predicted molar refractivity (Wildman–Crippen MR) is 237 cm³/mol. The van der Waals surface area contributed by atoms with Gasteiger partial charge in [-0.1, -0.05) is 152 Å².